The molecule has 12 heavy (non-hydrogen) atoms. The van der Waals surface area contributed by atoms with Crippen LogP contribution in [-0.2, 0) is 0 Å². The van der Waals surface area contributed by atoms with E-state index in [0.29, 0.717) is 16.4 Å². The fourth-order valence-corrected chi connectivity index (χ4v) is 1.29. The normalized spacial score (nSPS) is 10.7. The van der Waals surface area contributed by atoms with E-state index >= 15 is 0 Å². The minimum Gasteiger partial charge on any atom is -0.381 e. The molecule has 1 heterocycles. The molecule has 0 spiro atoms. The Morgan fingerprint density at radius 1 is 1.50 bits per heavy atom. The molecular formula is C8H13N3S. The molecule has 3 N–H and O–H groups in total. The van der Waals surface area contributed by atoms with Crippen molar-refractivity contribution in [3.05, 3.63) is 16.0 Å². The molecule has 0 amide bonds. The van der Waals surface area contributed by atoms with E-state index in [2.05, 4.69) is 23.8 Å². The standard InChI is InChI=1S/C8H13N3S/c1-4(2)6-5(3)10-7(9)8(12)11-6/h4H,1-3H3,(H2,9,10)(H,11,12). The zero-order valence-electron chi connectivity index (χ0n) is 7.51. The predicted molar refractivity (Wildman–Crippen MR) is 52.7 cm³/mol. The molecule has 0 saturated carbocycles. The van der Waals surface area contributed by atoms with E-state index in [1.54, 1.807) is 0 Å². The van der Waals surface area contributed by atoms with Crippen LogP contribution >= 0.6 is 12.2 Å². The van der Waals surface area contributed by atoms with Crippen LogP contribution in [0.5, 0.6) is 0 Å². The third kappa shape index (κ3) is 1.64. The van der Waals surface area contributed by atoms with Crippen molar-refractivity contribution in [3.63, 3.8) is 0 Å². The zero-order valence-corrected chi connectivity index (χ0v) is 8.33. The van der Waals surface area contributed by atoms with E-state index in [1.165, 1.54) is 0 Å². The molecular weight excluding hydrogens is 170 g/mol. The largest absolute Gasteiger partial charge is 0.381 e. The van der Waals surface area contributed by atoms with E-state index in [-0.39, 0.29) is 0 Å². The first-order valence-electron chi connectivity index (χ1n) is 3.88. The average molecular weight is 183 g/mol. The van der Waals surface area contributed by atoms with Crippen molar-refractivity contribution in [3.8, 4) is 0 Å². The van der Waals surface area contributed by atoms with E-state index in [1.807, 2.05) is 6.92 Å². The maximum absolute atomic E-state index is 5.54. The highest BCUT2D eigenvalue weighted by Crippen LogP contribution is 2.15. The lowest BCUT2D eigenvalue weighted by Crippen LogP contribution is -2.03. The van der Waals surface area contributed by atoms with Crippen LogP contribution in [-0.4, -0.2) is 9.97 Å². The molecule has 0 atom stereocenters. The Morgan fingerprint density at radius 2 is 2.08 bits per heavy atom. The number of H-pyrrole nitrogens is 1. The number of nitrogens with zero attached hydrogens (tertiary/aromatic N) is 1. The van der Waals surface area contributed by atoms with Crippen molar-refractivity contribution in [2.24, 2.45) is 0 Å². The lowest BCUT2D eigenvalue weighted by molar-refractivity contribution is 0.794. The minimum atomic E-state index is 0.403. The number of aryl methyl sites for hydroxylation is 1. The van der Waals surface area contributed by atoms with Crippen LogP contribution in [0.25, 0.3) is 0 Å². The van der Waals surface area contributed by atoms with Crippen molar-refractivity contribution in [2.75, 3.05) is 5.73 Å². The van der Waals surface area contributed by atoms with Gasteiger partial charge in [-0.25, -0.2) is 4.98 Å². The van der Waals surface area contributed by atoms with Gasteiger partial charge in [0.15, 0.2) is 5.82 Å². The van der Waals surface area contributed by atoms with Crippen molar-refractivity contribution in [1.29, 1.82) is 0 Å². The molecule has 0 aliphatic heterocycles. The van der Waals surface area contributed by atoms with Crippen LogP contribution in [0, 0.1) is 11.6 Å². The number of nitrogens with two attached hydrogens (primary N) is 1. The second kappa shape index (κ2) is 3.23. The van der Waals surface area contributed by atoms with Gasteiger partial charge in [-0.1, -0.05) is 26.1 Å². The third-order valence-corrected chi connectivity index (χ3v) is 2.05. The SMILES string of the molecule is Cc1nc(N)c(=S)[nH]c1C(C)C. The summed E-state index contributed by atoms with van der Waals surface area (Å²) in [5, 5.41) is 0. The highest BCUT2D eigenvalue weighted by atomic mass is 32.1. The Morgan fingerprint density at radius 3 is 2.58 bits per heavy atom. The first kappa shape index (κ1) is 9.19. The van der Waals surface area contributed by atoms with Crippen LogP contribution in [0.4, 0.5) is 5.82 Å². The van der Waals surface area contributed by atoms with Gasteiger partial charge in [0, 0.05) is 5.69 Å². The number of nitrogens with one attached hydrogen (secondary N) is 1. The van der Waals surface area contributed by atoms with E-state index in [9.17, 15) is 0 Å². The molecule has 3 nitrogen and oxygen atoms in total. The molecule has 0 unspecified atom stereocenters. The van der Waals surface area contributed by atoms with Gasteiger partial charge in [0.05, 0.1) is 5.69 Å². The maximum atomic E-state index is 5.54. The zero-order chi connectivity index (χ0) is 9.30. The van der Waals surface area contributed by atoms with Gasteiger partial charge in [-0.3, -0.25) is 0 Å². The molecule has 0 saturated heterocycles. The molecule has 0 fully saturated rings. The van der Waals surface area contributed by atoms with E-state index < -0.39 is 0 Å². The summed E-state index contributed by atoms with van der Waals surface area (Å²) in [5.74, 6) is 0.812. The summed E-state index contributed by atoms with van der Waals surface area (Å²) in [4.78, 5) is 7.21. The number of hydrogen-bond donors (Lipinski definition) is 2. The van der Waals surface area contributed by atoms with Crippen LogP contribution in [0.2, 0.25) is 0 Å². The topological polar surface area (TPSA) is 54.7 Å². The van der Waals surface area contributed by atoms with Gasteiger partial charge in [-0.05, 0) is 12.8 Å². The van der Waals surface area contributed by atoms with Gasteiger partial charge in [0.25, 0.3) is 0 Å². The first-order chi connectivity index (χ1) is 5.52. The fraction of sp³-hybridized carbons (Fsp3) is 0.500. The smallest absolute Gasteiger partial charge is 0.158 e. The Kier molecular flexibility index (Phi) is 2.47. The molecule has 4 heteroatoms. The molecule has 1 aromatic heterocycles. The van der Waals surface area contributed by atoms with Gasteiger partial charge in [-0.15, -0.1) is 0 Å². The second-order valence-electron chi connectivity index (χ2n) is 3.10. The van der Waals surface area contributed by atoms with Crippen molar-refractivity contribution < 1.29 is 0 Å². The monoisotopic (exact) mass is 183 g/mol. The van der Waals surface area contributed by atoms with Crippen molar-refractivity contribution in [2.45, 2.75) is 26.7 Å². The van der Waals surface area contributed by atoms with Gasteiger partial charge in [0.1, 0.15) is 4.64 Å². The highest BCUT2D eigenvalue weighted by molar-refractivity contribution is 7.71. The summed E-state index contributed by atoms with van der Waals surface area (Å²) in [5.41, 5.74) is 7.53. The van der Waals surface area contributed by atoms with E-state index in [4.69, 9.17) is 18.0 Å². The molecule has 1 aromatic rings. The van der Waals surface area contributed by atoms with Crippen LogP contribution in [0.3, 0.4) is 0 Å². The second-order valence-corrected chi connectivity index (χ2v) is 3.51. The highest BCUT2D eigenvalue weighted by Gasteiger charge is 2.05. The number of nitrogen functional groups attached to an aromatic ring is 1. The molecule has 0 aromatic carbocycles. The lowest BCUT2D eigenvalue weighted by atomic mass is 10.1. The minimum absolute atomic E-state index is 0.403. The maximum Gasteiger partial charge on any atom is 0.158 e. The van der Waals surface area contributed by atoms with Gasteiger partial charge >= 0.3 is 0 Å². The summed E-state index contributed by atoms with van der Waals surface area (Å²) < 4.78 is 0.532. The predicted octanol–water partition coefficient (Wildman–Crippen LogP) is 2.15. The fourth-order valence-electron chi connectivity index (χ4n) is 1.13. The summed E-state index contributed by atoms with van der Waals surface area (Å²) in [6, 6.07) is 0. The lowest BCUT2D eigenvalue weighted by Gasteiger charge is -2.08. The summed E-state index contributed by atoms with van der Waals surface area (Å²) in [7, 11) is 0. The van der Waals surface area contributed by atoms with Gasteiger partial charge in [-0.2, -0.15) is 0 Å². The summed E-state index contributed by atoms with van der Waals surface area (Å²) in [6.07, 6.45) is 0. The van der Waals surface area contributed by atoms with Gasteiger partial charge < -0.3 is 10.7 Å². The Labute approximate surface area is 77.0 Å². The number of aromatic nitrogens is 2. The number of anilines is 1. The molecule has 0 aliphatic rings. The van der Waals surface area contributed by atoms with Crippen LogP contribution in [0.1, 0.15) is 31.2 Å². The van der Waals surface area contributed by atoms with Crippen LogP contribution in [0.15, 0.2) is 0 Å². The average Bonchev–Trinajstić information content (AvgIpc) is 1.96. The molecule has 66 valence electrons. The summed E-state index contributed by atoms with van der Waals surface area (Å²) in [6.45, 7) is 6.11. The summed E-state index contributed by atoms with van der Waals surface area (Å²) >= 11 is 4.98. The van der Waals surface area contributed by atoms with Gasteiger partial charge in [0.2, 0.25) is 0 Å². The Bertz CT molecular complexity index is 341. The molecule has 1 rings (SSSR count). The third-order valence-electron chi connectivity index (χ3n) is 1.74. The quantitative estimate of drug-likeness (QED) is 0.656. The molecule has 0 bridgehead atoms. The molecule has 0 radical (unpaired) electrons. The Balaban J connectivity index is 3.33. The molecule has 0 aliphatic carbocycles. The van der Waals surface area contributed by atoms with E-state index in [0.717, 1.165) is 11.4 Å². The van der Waals surface area contributed by atoms with Crippen LogP contribution < -0.4 is 5.73 Å². The Hall–Kier alpha value is -0.900. The number of hydrogen-bond acceptors (Lipinski definition) is 3. The van der Waals surface area contributed by atoms with Crippen molar-refractivity contribution in [1.82, 2.24) is 9.97 Å². The van der Waals surface area contributed by atoms with Crippen molar-refractivity contribution >= 4 is 18.0 Å². The number of aromatic amines is 1. The first-order valence-corrected chi connectivity index (χ1v) is 4.29. The number of rotatable bonds is 1.